The molecule has 13 heavy (non-hydrogen) atoms. The fourth-order valence-corrected chi connectivity index (χ4v) is 1.55. The number of nitrogens with zero attached hydrogens (tertiary/aromatic N) is 1. The van der Waals surface area contributed by atoms with Crippen LogP contribution >= 0.6 is 27.5 Å². The van der Waals surface area contributed by atoms with E-state index < -0.39 is 0 Å². The molecule has 4 heteroatoms. The Bertz CT molecular complexity index is 325. The van der Waals surface area contributed by atoms with E-state index in [1.807, 2.05) is 6.07 Å². The van der Waals surface area contributed by atoms with Crippen molar-refractivity contribution in [1.82, 2.24) is 4.98 Å². The van der Waals surface area contributed by atoms with Crippen LogP contribution in [-0.4, -0.2) is 11.5 Å². The van der Waals surface area contributed by atoms with Gasteiger partial charge in [-0.05, 0) is 40.5 Å². The number of halogens is 2. The SMILES string of the molecule is C=C(CCN)c1cc(Br)cnc1Cl. The van der Waals surface area contributed by atoms with Gasteiger partial charge in [0.2, 0.25) is 0 Å². The Hall–Kier alpha value is -0.380. The van der Waals surface area contributed by atoms with Gasteiger partial charge < -0.3 is 5.73 Å². The highest BCUT2D eigenvalue weighted by molar-refractivity contribution is 9.10. The van der Waals surface area contributed by atoms with Crippen molar-refractivity contribution in [2.24, 2.45) is 5.73 Å². The van der Waals surface area contributed by atoms with E-state index in [0.717, 1.165) is 22.0 Å². The summed E-state index contributed by atoms with van der Waals surface area (Å²) in [6, 6.07) is 1.90. The van der Waals surface area contributed by atoms with E-state index in [2.05, 4.69) is 27.5 Å². The first kappa shape index (κ1) is 10.7. The molecule has 0 spiro atoms. The lowest BCUT2D eigenvalue weighted by molar-refractivity contribution is 1.02. The number of pyridine rings is 1. The average molecular weight is 262 g/mol. The second kappa shape index (κ2) is 4.74. The maximum absolute atomic E-state index is 5.89. The first-order valence-corrected chi connectivity index (χ1v) is 5.01. The summed E-state index contributed by atoms with van der Waals surface area (Å²) in [6.45, 7) is 4.46. The molecule has 0 aromatic carbocycles. The number of hydrogen-bond donors (Lipinski definition) is 1. The maximum atomic E-state index is 5.89. The summed E-state index contributed by atoms with van der Waals surface area (Å²) in [5.74, 6) is 0. The number of hydrogen-bond acceptors (Lipinski definition) is 2. The highest BCUT2D eigenvalue weighted by atomic mass is 79.9. The molecule has 0 atom stereocenters. The summed E-state index contributed by atoms with van der Waals surface area (Å²) in [6.07, 6.45) is 2.39. The van der Waals surface area contributed by atoms with Gasteiger partial charge in [-0.15, -0.1) is 0 Å². The van der Waals surface area contributed by atoms with Crippen LogP contribution in [0.2, 0.25) is 5.15 Å². The highest BCUT2D eigenvalue weighted by Crippen LogP contribution is 2.25. The summed E-state index contributed by atoms with van der Waals surface area (Å²) in [5, 5.41) is 0.474. The predicted octanol–water partition coefficient (Wildman–Crippen LogP) is 2.86. The molecule has 0 aliphatic heterocycles. The Morgan fingerprint density at radius 2 is 2.38 bits per heavy atom. The van der Waals surface area contributed by atoms with Gasteiger partial charge in [-0.2, -0.15) is 0 Å². The quantitative estimate of drug-likeness (QED) is 0.850. The van der Waals surface area contributed by atoms with Crippen molar-refractivity contribution in [3.8, 4) is 0 Å². The average Bonchev–Trinajstić information content (AvgIpc) is 2.09. The molecule has 1 aromatic rings. The topological polar surface area (TPSA) is 38.9 Å². The Morgan fingerprint density at radius 3 is 3.00 bits per heavy atom. The van der Waals surface area contributed by atoms with Crippen molar-refractivity contribution < 1.29 is 0 Å². The zero-order valence-corrected chi connectivity index (χ0v) is 9.40. The molecule has 0 amide bonds. The minimum Gasteiger partial charge on any atom is -0.330 e. The third-order valence-corrected chi connectivity index (χ3v) is 2.37. The van der Waals surface area contributed by atoms with Gasteiger partial charge in [-0.25, -0.2) is 4.98 Å². The van der Waals surface area contributed by atoms with E-state index in [4.69, 9.17) is 17.3 Å². The van der Waals surface area contributed by atoms with Gasteiger partial charge in [0, 0.05) is 16.2 Å². The summed E-state index contributed by atoms with van der Waals surface area (Å²) < 4.78 is 0.894. The molecule has 0 radical (unpaired) electrons. The van der Waals surface area contributed by atoms with Crippen LogP contribution in [-0.2, 0) is 0 Å². The van der Waals surface area contributed by atoms with E-state index in [0.29, 0.717) is 11.7 Å². The van der Waals surface area contributed by atoms with Crippen LogP contribution < -0.4 is 5.73 Å². The van der Waals surface area contributed by atoms with Gasteiger partial charge in [-0.1, -0.05) is 18.2 Å². The predicted molar refractivity (Wildman–Crippen MR) is 59.7 cm³/mol. The third-order valence-electron chi connectivity index (χ3n) is 1.63. The fraction of sp³-hybridized carbons (Fsp3) is 0.222. The lowest BCUT2D eigenvalue weighted by Crippen LogP contribution is -2.00. The van der Waals surface area contributed by atoms with Crippen LogP contribution in [0, 0.1) is 0 Å². The van der Waals surface area contributed by atoms with Gasteiger partial charge in [-0.3, -0.25) is 0 Å². The second-order valence-corrected chi connectivity index (χ2v) is 3.91. The van der Waals surface area contributed by atoms with Crippen LogP contribution in [0.3, 0.4) is 0 Å². The van der Waals surface area contributed by atoms with Crippen molar-refractivity contribution in [1.29, 1.82) is 0 Å². The number of aromatic nitrogens is 1. The molecule has 2 N–H and O–H groups in total. The van der Waals surface area contributed by atoms with Crippen molar-refractivity contribution >= 4 is 33.1 Å². The summed E-state index contributed by atoms with van der Waals surface area (Å²) >= 11 is 9.22. The molecular formula is C9H10BrClN2. The first-order valence-electron chi connectivity index (χ1n) is 3.84. The maximum Gasteiger partial charge on any atom is 0.136 e. The largest absolute Gasteiger partial charge is 0.330 e. The van der Waals surface area contributed by atoms with Crippen LogP contribution in [0.4, 0.5) is 0 Å². The van der Waals surface area contributed by atoms with E-state index in [9.17, 15) is 0 Å². The molecule has 0 bridgehead atoms. The van der Waals surface area contributed by atoms with E-state index >= 15 is 0 Å². The fourth-order valence-electron chi connectivity index (χ4n) is 0.979. The molecule has 0 unspecified atom stereocenters. The van der Waals surface area contributed by atoms with E-state index in [1.54, 1.807) is 6.20 Å². The molecule has 2 nitrogen and oxygen atoms in total. The van der Waals surface area contributed by atoms with Gasteiger partial charge in [0.05, 0.1) is 0 Å². The lowest BCUT2D eigenvalue weighted by atomic mass is 10.1. The molecule has 70 valence electrons. The molecule has 0 fully saturated rings. The Morgan fingerprint density at radius 1 is 1.69 bits per heavy atom. The zero-order chi connectivity index (χ0) is 9.84. The normalized spacial score (nSPS) is 10.1. The van der Waals surface area contributed by atoms with Crippen molar-refractivity contribution in [3.05, 3.63) is 34.0 Å². The molecule has 0 saturated heterocycles. The summed E-state index contributed by atoms with van der Waals surface area (Å²) in [4.78, 5) is 4.00. The van der Waals surface area contributed by atoms with Gasteiger partial charge in [0.25, 0.3) is 0 Å². The molecule has 1 heterocycles. The lowest BCUT2D eigenvalue weighted by Gasteiger charge is -2.06. The molecule has 1 rings (SSSR count). The third kappa shape index (κ3) is 2.79. The molecule has 1 aromatic heterocycles. The Kier molecular flexibility index (Phi) is 3.90. The van der Waals surface area contributed by atoms with Crippen molar-refractivity contribution in [2.75, 3.05) is 6.54 Å². The minimum atomic E-state index is 0.474. The van der Waals surface area contributed by atoms with E-state index in [1.165, 1.54) is 0 Å². The second-order valence-electron chi connectivity index (χ2n) is 2.63. The standard InChI is InChI=1S/C9H10BrClN2/c1-6(2-3-12)8-4-7(10)5-13-9(8)11/h4-5H,1-3,12H2. The molecule has 0 aliphatic rings. The van der Waals surface area contributed by atoms with Crippen LogP contribution in [0.5, 0.6) is 0 Å². The highest BCUT2D eigenvalue weighted by Gasteiger charge is 2.05. The molecule has 0 saturated carbocycles. The van der Waals surface area contributed by atoms with Gasteiger partial charge >= 0.3 is 0 Å². The molecule has 0 aliphatic carbocycles. The first-order chi connectivity index (χ1) is 6.15. The zero-order valence-electron chi connectivity index (χ0n) is 7.06. The summed E-state index contributed by atoms with van der Waals surface area (Å²) in [7, 11) is 0. The molecular weight excluding hydrogens is 251 g/mol. The van der Waals surface area contributed by atoms with Gasteiger partial charge in [0.15, 0.2) is 0 Å². The van der Waals surface area contributed by atoms with Crippen LogP contribution in [0.25, 0.3) is 5.57 Å². The monoisotopic (exact) mass is 260 g/mol. The van der Waals surface area contributed by atoms with Crippen LogP contribution in [0.1, 0.15) is 12.0 Å². The summed E-state index contributed by atoms with van der Waals surface area (Å²) in [5.41, 5.74) is 7.20. The van der Waals surface area contributed by atoms with E-state index in [-0.39, 0.29) is 0 Å². The van der Waals surface area contributed by atoms with Crippen molar-refractivity contribution in [3.63, 3.8) is 0 Å². The number of rotatable bonds is 3. The Labute approximate surface area is 90.9 Å². The smallest absolute Gasteiger partial charge is 0.136 e. The minimum absolute atomic E-state index is 0.474. The van der Waals surface area contributed by atoms with Crippen LogP contribution in [0.15, 0.2) is 23.3 Å². The Balaban J connectivity index is 2.99. The van der Waals surface area contributed by atoms with Gasteiger partial charge in [0.1, 0.15) is 5.15 Å². The van der Waals surface area contributed by atoms with Crippen molar-refractivity contribution in [2.45, 2.75) is 6.42 Å². The number of nitrogens with two attached hydrogens (primary N) is 1.